The summed E-state index contributed by atoms with van der Waals surface area (Å²) < 4.78 is 0. The highest BCUT2D eigenvalue weighted by Gasteiger charge is 2.11. The predicted octanol–water partition coefficient (Wildman–Crippen LogP) is 9.28. The SMILES string of the molecule is C=C/C(c1ccc(-c2cc(-c3ccc(-c4cc5ccccc5c5ccccc45)cc3)nc(C)n2)cc1)=c1/cccc/c1=C/C. The summed E-state index contributed by atoms with van der Waals surface area (Å²) in [6.07, 6.45) is 4.07. The van der Waals surface area contributed by atoms with Crippen LogP contribution in [0.15, 0.2) is 146 Å². The first kappa shape index (κ1) is 27.2. The van der Waals surface area contributed by atoms with Crippen LogP contribution >= 0.6 is 0 Å². The topological polar surface area (TPSA) is 25.8 Å². The van der Waals surface area contributed by atoms with Crippen molar-refractivity contribution >= 4 is 33.2 Å². The van der Waals surface area contributed by atoms with E-state index in [0.717, 1.165) is 39.5 Å². The maximum Gasteiger partial charge on any atom is 0.126 e. The van der Waals surface area contributed by atoms with Crippen molar-refractivity contribution in [3.05, 3.63) is 168 Å². The average Bonchev–Trinajstić information content (AvgIpc) is 3.08. The zero-order valence-electron chi connectivity index (χ0n) is 25.0. The highest BCUT2D eigenvalue weighted by atomic mass is 14.9. The fraction of sp³-hybridized carbons (Fsp3) is 0.0476. The van der Waals surface area contributed by atoms with E-state index < -0.39 is 0 Å². The molecule has 2 heteroatoms. The van der Waals surface area contributed by atoms with Crippen molar-refractivity contribution in [3.8, 4) is 33.6 Å². The highest BCUT2D eigenvalue weighted by Crippen LogP contribution is 2.36. The van der Waals surface area contributed by atoms with Crippen molar-refractivity contribution in [2.24, 2.45) is 0 Å². The highest BCUT2D eigenvalue weighted by molar-refractivity contribution is 6.13. The number of benzene rings is 6. The van der Waals surface area contributed by atoms with E-state index in [2.05, 4.69) is 153 Å². The Hall–Kier alpha value is -5.60. The molecule has 44 heavy (non-hydrogen) atoms. The first-order valence-corrected chi connectivity index (χ1v) is 15.0. The fourth-order valence-electron chi connectivity index (χ4n) is 6.17. The molecule has 1 aromatic heterocycles. The van der Waals surface area contributed by atoms with E-state index in [1.807, 2.05) is 13.0 Å². The van der Waals surface area contributed by atoms with Gasteiger partial charge in [0.25, 0.3) is 0 Å². The number of hydrogen-bond donors (Lipinski definition) is 0. The van der Waals surface area contributed by atoms with Crippen LogP contribution in [0, 0.1) is 6.92 Å². The van der Waals surface area contributed by atoms with Gasteiger partial charge in [0.15, 0.2) is 0 Å². The normalized spacial score (nSPS) is 12.5. The van der Waals surface area contributed by atoms with Gasteiger partial charge in [0, 0.05) is 11.1 Å². The number of fused-ring (bicyclic) bond motifs is 3. The summed E-state index contributed by atoms with van der Waals surface area (Å²) >= 11 is 0. The standard InChI is InChI=1S/C42H32N2/c1-4-29-12-6-8-14-36(29)35(5-2)30-18-22-32(23-19-30)41-27-42(44-28(3)43-41)33-24-20-31(21-25-33)40-26-34-13-7-9-15-37(34)38-16-10-11-17-39(38)40/h4-27H,2H2,1,3H3/b29-4-,36-35+. The van der Waals surface area contributed by atoms with Crippen molar-refractivity contribution < 1.29 is 0 Å². The third-order valence-electron chi connectivity index (χ3n) is 8.36. The Morgan fingerprint density at radius 3 is 1.84 bits per heavy atom. The number of aromatic nitrogens is 2. The molecule has 7 aromatic rings. The molecule has 0 bridgehead atoms. The van der Waals surface area contributed by atoms with Gasteiger partial charge < -0.3 is 0 Å². The third-order valence-corrected chi connectivity index (χ3v) is 8.36. The van der Waals surface area contributed by atoms with E-state index in [-0.39, 0.29) is 0 Å². The molecule has 7 rings (SSSR count). The molecule has 0 saturated carbocycles. The first-order chi connectivity index (χ1) is 21.6. The summed E-state index contributed by atoms with van der Waals surface area (Å²) in [6.45, 7) is 8.13. The number of nitrogens with zero attached hydrogens (tertiary/aromatic N) is 2. The third kappa shape index (κ3) is 5.01. The van der Waals surface area contributed by atoms with Gasteiger partial charge in [-0.2, -0.15) is 0 Å². The van der Waals surface area contributed by atoms with Crippen molar-refractivity contribution in [1.82, 2.24) is 9.97 Å². The first-order valence-electron chi connectivity index (χ1n) is 15.0. The Morgan fingerprint density at radius 1 is 0.591 bits per heavy atom. The van der Waals surface area contributed by atoms with Crippen LogP contribution in [0.1, 0.15) is 18.3 Å². The van der Waals surface area contributed by atoms with Crippen LogP contribution in [0.5, 0.6) is 0 Å². The maximum absolute atomic E-state index is 4.81. The lowest BCUT2D eigenvalue weighted by molar-refractivity contribution is 1.06. The van der Waals surface area contributed by atoms with Crippen LogP contribution in [-0.4, -0.2) is 9.97 Å². The second-order valence-corrected chi connectivity index (χ2v) is 11.0. The van der Waals surface area contributed by atoms with Crippen molar-refractivity contribution in [2.75, 3.05) is 0 Å². The van der Waals surface area contributed by atoms with E-state index in [1.165, 1.54) is 43.1 Å². The van der Waals surface area contributed by atoms with Crippen LogP contribution in [0.2, 0.25) is 0 Å². The van der Waals surface area contributed by atoms with Crippen molar-refractivity contribution in [1.29, 1.82) is 0 Å². The summed E-state index contributed by atoms with van der Waals surface area (Å²) in [7, 11) is 0. The maximum atomic E-state index is 4.81. The van der Waals surface area contributed by atoms with E-state index in [9.17, 15) is 0 Å². The molecule has 0 atom stereocenters. The molecule has 0 aliphatic rings. The van der Waals surface area contributed by atoms with Crippen molar-refractivity contribution in [3.63, 3.8) is 0 Å². The molecule has 0 aliphatic carbocycles. The van der Waals surface area contributed by atoms with Crippen molar-refractivity contribution in [2.45, 2.75) is 13.8 Å². The van der Waals surface area contributed by atoms with Crippen LogP contribution in [0.4, 0.5) is 0 Å². The van der Waals surface area contributed by atoms with Gasteiger partial charge in [-0.1, -0.05) is 140 Å². The van der Waals surface area contributed by atoms with Gasteiger partial charge in [-0.25, -0.2) is 9.97 Å². The van der Waals surface area contributed by atoms with Crippen LogP contribution in [-0.2, 0) is 0 Å². The van der Waals surface area contributed by atoms with Crippen LogP contribution < -0.4 is 10.4 Å². The lowest BCUT2D eigenvalue weighted by atomic mass is 9.93. The molecule has 0 N–H and O–H groups in total. The monoisotopic (exact) mass is 564 g/mol. The van der Waals surface area contributed by atoms with Gasteiger partial charge >= 0.3 is 0 Å². The van der Waals surface area contributed by atoms with E-state index >= 15 is 0 Å². The molecular formula is C42H32N2. The second kappa shape index (κ2) is 11.6. The molecule has 0 unspecified atom stereocenters. The zero-order chi connectivity index (χ0) is 30.0. The zero-order valence-corrected chi connectivity index (χ0v) is 25.0. The summed E-state index contributed by atoms with van der Waals surface area (Å²) in [5.74, 6) is 0.747. The van der Waals surface area contributed by atoms with Gasteiger partial charge in [0.2, 0.25) is 0 Å². The van der Waals surface area contributed by atoms with Gasteiger partial charge in [-0.3, -0.25) is 0 Å². The smallest absolute Gasteiger partial charge is 0.126 e. The van der Waals surface area contributed by atoms with Gasteiger partial charge in [0.05, 0.1) is 11.4 Å². The quantitative estimate of drug-likeness (QED) is 0.195. The number of aryl methyl sites for hydroxylation is 1. The minimum absolute atomic E-state index is 0.747. The Labute approximate surface area is 258 Å². The predicted molar refractivity (Wildman–Crippen MR) is 187 cm³/mol. The molecule has 0 aliphatic heterocycles. The van der Waals surface area contributed by atoms with Gasteiger partial charge in [0.1, 0.15) is 5.82 Å². The Bertz CT molecular complexity index is 2290. The summed E-state index contributed by atoms with van der Waals surface area (Å²) in [5.41, 5.74) is 8.61. The minimum atomic E-state index is 0.747. The Morgan fingerprint density at radius 2 is 1.16 bits per heavy atom. The molecule has 2 nitrogen and oxygen atoms in total. The second-order valence-electron chi connectivity index (χ2n) is 11.0. The number of rotatable bonds is 5. The molecule has 0 fully saturated rings. The Balaban J connectivity index is 1.24. The summed E-state index contributed by atoms with van der Waals surface area (Å²) in [6, 6.07) is 47.4. The average molecular weight is 565 g/mol. The van der Waals surface area contributed by atoms with Crippen LogP contribution in [0.3, 0.4) is 0 Å². The fourth-order valence-corrected chi connectivity index (χ4v) is 6.17. The Kier molecular flexibility index (Phi) is 7.17. The molecule has 6 aromatic carbocycles. The minimum Gasteiger partial charge on any atom is -0.233 e. The molecule has 0 saturated heterocycles. The molecule has 0 radical (unpaired) electrons. The summed E-state index contributed by atoms with van der Waals surface area (Å²) in [5, 5.41) is 7.44. The molecule has 0 amide bonds. The van der Waals surface area contributed by atoms with E-state index in [0.29, 0.717) is 0 Å². The van der Waals surface area contributed by atoms with E-state index in [1.54, 1.807) is 0 Å². The molecule has 0 spiro atoms. The summed E-state index contributed by atoms with van der Waals surface area (Å²) in [4.78, 5) is 9.60. The molecular weight excluding hydrogens is 532 g/mol. The number of allylic oxidation sites excluding steroid dienone is 1. The molecule has 210 valence electrons. The molecule has 1 heterocycles. The lowest BCUT2D eigenvalue weighted by Crippen LogP contribution is -2.26. The largest absolute Gasteiger partial charge is 0.233 e. The number of hydrogen-bond acceptors (Lipinski definition) is 2. The van der Waals surface area contributed by atoms with Gasteiger partial charge in [-0.05, 0) is 80.2 Å². The van der Waals surface area contributed by atoms with Gasteiger partial charge in [-0.15, -0.1) is 0 Å². The lowest BCUT2D eigenvalue weighted by Gasteiger charge is -2.12. The van der Waals surface area contributed by atoms with E-state index in [4.69, 9.17) is 9.97 Å². The van der Waals surface area contributed by atoms with Crippen LogP contribution in [0.25, 0.3) is 66.8 Å².